The van der Waals surface area contributed by atoms with Crippen molar-refractivity contribution in [3.63, 3.8) is 0 Å². The maximum atomic E-state index is 12.1. The van der Waals surface area contributed by atoms with Crippen molar-refractivity contribution in [2.24, 2.45) is 0 Å². The van der Waals surface area contributed by atoms with Crippen LogP contribution in [0.2, 0.25) is 0 Å². The minimum Gasteiger partial charge on any atom is -0.324 e. The molecule has 0 aliphatic carbocycles. The van der Waals surface area contributed by atoms with E-state index in [2.05, 4.69) is 29.2 Å². The van der Waals surface area contributed by atoms with Gasteiger partial charge in [-0.3, -0.25) is 4.79 Å². The van der Waals surface area contributed by atoms with Gasteiger partial charge in [0.05, 0.1) is 0 Å². The van der Waals surface area contributed by atoms with Gasteiger partial charge in [-0.25, -0.2) is 9.67 Å². The molecule has 2 rings (SSSR count). The van der Waals surface area contributed by atoms with E-state index < -0.39 is 0 Å². The molecule has 0 atom stereocenters. The van der Waals surface area contributed by atoms with Crippen LogP contribution < -0.4 is 5.32 Å². The van der Waals surface area contributed by atoms with Crippen molar-refractivity contribution in [2.45, 2.75) is 33.2 Å². The van der Waals surface area contributed by atoms with Crippen LogP contribution in [0, 0.1) is 11.3 Å². The molecule has 2 aromatic rings. The topological polar surface area (TPSA) is 83.6 Å². The summed E-state index contributed by atoms with van der Waals surface area (Å²) in [6.45, 7) is 4.15. The second-order valence-electron chi connectivity index (χ2n) is 4.58. The van der Waals surface area contributed by atoms with Gasteiger partial charge in [-0.2, -0.15) is 5.26 Å². The van der Waals surface area contributed by atoms with Crippen molar-refractivity contribution in [1.82, 2.24) is 14.8 Å². The summed E-state index contributed by atoms with van der Waals surface area (Å²) >= 11 is 0. The minimum atomic E-state index is -0.181. The number of nitriles is 1. The molecule has 1 heterocycles. The number of hydrogen-bond acceptors (Lipinski definition) is 4. The Labute approximate surface area is 123 Å². The molecule has 0 fully saturated rings. The van der Waals surface area contributed by atoms with Crippen LogP contribution in [0.5, 0.6) is 0 Å². The van der Waals surface area contributed by atoms with Crippen molar-refractivity contribution < 1.29 is 4.79 Å². The quantitative estimate of drug-likeness (QED) is 0.908. The van der Waals surface area contributed by atoms with Crippen LogP contribution in [-0.2, 0) is 24.2 Å². The van der Waals surface area contributed by atoms with Crippen molar-refractivity contribution in [2.75, 3.05) is 5.32 Å². The molecule has 0 spiro atoms. The lowest BCUT2D eigenvalue weighted by Crippen LogP contribution is -2.20. The fourth-order valence-electron chi connectivity index (χ4n) is 2.15. The zero-order chi connectivity index (χ0) is 15.2. The standard InChI is InChI=1S/C15H17N5O/c1-3-11-6-5-7-12(4-2)15(11)18-14(21)9-20-10-17-13(8-16)19-20/h5-7,10H,3-4,9H2,1-2H3,(H,18,21). The van der Waals surface area contributed by atoms with E-state index >= 15 is 0 Å². The van der Waals surface area contributed by atoms with Gasteiger partial charge in [0.2, 0.25) is 5.91 Å². The molecule has 21 heavy (non-hydrogen) atoms. The van der Waals surface area contributed by atoms with E-state index in [1.165, 1.54) is 11.0 Å². The molecule has 6 nitrogen and oxygen atoms in total. The monoisotopic (exact) mass is 283 g/mol. The van der Waals surface area contributed by atoms with Crippen molar-refractivity contribution >= 4 is 11.6 Å². The van der Waals surface area contributed by atoms with E-state index in [4.69, 9.17) is 5.26 Å². The third-order valence-electron chi connectivity index (χ3n) is 3.21. The van der Waals surface area contributed by atoms with Gasteiger partial charge in [0, 0.05) is 5.69 Å². The molecular formula is C15H17N5O. The van der Waals surface area contributed by atoms with Gasteiger partial charge in [-0.05, 0) is 24.0 Å². The van der Waals surface area contributed by atoms with Crippen LogP contribution in [0.25, 0.3) is 0 Å². The highest BCUT2D eigenvalue weighted by molar-refractivity contribution is 5.92. The van der Waals surface area contributed by atoms with Crippen LogP contribution in [0.4, 0.5) is 5.69 Å². The zero-order valence-corrected chi connectivity index (χ0v) is 12.1. The Hall–Kier alpha value is -2.68. The first-order valence-electron chi connectivity index (χ1n) is 6.88. The fraction of sp³-hybridized carbons (Fsp3) is 0.333. The van der Waals surface area contributed by atoms with Gasteiger partial charge in [-0.1, -0.05) is 32.0 Å². The number of aryl methyl sites for hydroxylation is 2. The van der Waals surface area contributed by atoms with E-state index in [0.717, 1.165) is 29.7 Å². The third-order valence-corrected chi connectivity index (χ3v) is 3.21. The summed E-state index contributed by atoms with van der Waals surface area (Å²) in [7, 11) is 0. The number of aromatic nitrogens is 3. The minimum absolute atomic E-state index is 0.0376. The number of anilines is 1. The fourth-order valence-corrected chi connectivity index (χ4v) is 2.15. The van der Waals surface area contributed by atoms with E-state index in [1.54, 1.807) is 0 Å². The summed E-state index contributed by atoms with van der Waals surface area (Å²) < 4.78 is 1.36. The lowest BCUT2D eigenvalue weighted by molar-refractivity contribution is -0.116. The first kappa shape index (κ1) is 14.7. The maximum Gasteiger partial charge on any atom is 0.252 e. The largest absolute Gasteiger partial charge is 0.324 e. The van der Waals surface area contributed by atoms with E-state index in [9.17, 15) is 4.79 Å². The summed E-state index contributed by atoms with van der Waals surface area (Å²) in [5.41, 5.74) is 3.10. The number of nitrogens with zero attached hydrogens (tertiary/aromatic N) is 4. The summed E-state index contributed by atoms with van der Waals surface area (Å²) in [5.74, 6) is -0.119. The summed E-state index contributed by atoms with van der Waals surface area (Å²) in [5, 5.41) is 15.5. The van der Waals surface area contributed by atoms with Gasteiger partial charge in [0.25, 0.3) is 5.82 Å². The Morgan fingerprint density at radius 1 is 1.33 bits per heavy atom. The average Bonchev–Trinajstić information content (AvgIpc) is 2.94. The predicted molar refractivity (Wildman–Crippen MR) is 78.6 cm³/mol. The smallest absolute Gasteiger partial charge is 0.252 e. The van der Waals surface area contributed by atoms with Crippen molar-refractivity contribution in [3.05, 3.63) is 41.5 Å². The highest BCUT2D eigenvalue weighted by Gasteiger charge is 2.11. The van der Waals surface area contributed by atoms with Crippen molar-refractivity contribution in [3.8, 4) is 6.07 Å². The van der Waals surface area contributed by atoms with Crippen LogP contribution in [0.1, 0.15) is 30.8 Å². The summed E-state index contributed by atoms with van der Waals surface area (Å²) in [6.07, 6.45) is 3.08. The molecule has 0 unspecified atom stereocenters. The SMILES string of the molecule is CCc1cccc(CC)c1NC(=O)Cn1cnc(C#N)n1. The number of nitrogens with one attached hydrogen (secondary N) is 1. The predicted octanol–water partition coefficient (Wildman–Crippen LogP) is 1.91. The number of amides is 1. The lowest BCUT2D eigenvalue weighted by Gasteiger charge is -2.14. The van der Waals surface area contributed by atoms with Gasteiger partial charge < -0.3 is 5.32 Å². The molecule has 0 saturated carbocycles. The first-order chi connectivity index (χ1) is 10.2. The molecule has 6 heteroatoms. The molecule has 0 aliphatic rings. The molecular weight excluding hydrogens is 266 g/mol. The highest BCUT2D eigenvalue weighted by atomic mass is 16.2. The number of rotatable bonds is 5. The summed E-state index contributed by atoms with van der Waals surface area (Å²) in [6, 6.07) is 7.86. The molecule has 0 saturated heterocycles. The number of hydrogen-bond donors (Lipinski definition) is 1. The zero-order valence-electron chi connectivity index (χ0n) is 12.1. The van der Waals surface area contributed by atoms with Crippen LogP contribution in [0.3, 0.4) is 0 Å². The molecule has 108 valence electrons. The van der Waals surface area contributed by atoms with Gasteiger partial charge in [-0.15, -0.1) is 5.10 Å². The van der Waals surface area contributed by atoms with Crippen LogP contribution in [-0.4, -0.2) is 20.7 Å². The van der Waals surface area contributed by atoms with E-state index in [-0.39, 0.29) is 18.3 Å². The lowest BCUT2D eigenvalue weighted by atomic mass is 10.0. The van der Waals surface area contributed by atoms with Crippen LogP contribution >= 0.6 is 0 Å². The van der Waals surface area contributed by atoms with Crippen LogP contribution in [0.15, 0.2) is 24.5 Å². The first-order valence-corrected chi connectivity index (χ1v) is 6.88. The number of para-hydroxylation sites is 1. The van der Waals surface area contributed by atoms with Crippen molar-refractivity contribution in [1.29, 1.82) is 5.26 Å². The highest BCUT2D eigenvalue weighted by Crippen LogP contribution is 2.22. The van der Waals surface area contributed by atoms with Gasteiger partial charge >= 0.3 is 0 Å². The molecule has 0 aliphatic heterocycles. The maximum absolute atomic E-state index is 12.1. The second kappa shape index (κ2) is 6.66. The van der Waals surface area contributed by atoms with E-state index in [0.29, 0.717) is 0 Å². The Morgan fingerprint density at radius 2 is 2.00 bits per heavy atom. The Kier molecular flexibility index (Phi) is 4.67. The average molecular weight is 283 g/mol. The Bertz CT molecular complexity index is 661. The number of carbonyl (C=O) groups is 1. The third kappa shape index (κ3) is 3.45. The number of benzene rings is 1. The molecule has 1 aromatic carbocycles. The molecule has 1 aromatic heterocycles. The van der Waals surface area contributed by atoms with Gasteiger partial charge in [0.15, 0.2) is 0 Å². The normalized spacial score (nSPS) is 10.1. The Balaban J connectivity index is 2.14. The molecule has 0 bridgehead atoms. The van der Waals surface area contributed by atoms with E-state index in [1.807, 2.05) is 24.3 Å². The molecule has 1 N–H and O–H groups in total. The second-order valence-corrected chi connectivity index (χ2v) is 4.58. The van der Waals surface area contributed by atoms with Gasteiger partial charge in [0.1, 0.15) is 18.9 Å². The summed E-state index contributed by atoms with van der Waals surface area (Å²) in [4.78, 5) is 15.9. The molecule has 1 amide bonds. The Morgan fingerprint density at radius 3 is 2.52 bits per heavy atom. The molecule has 0 radical (unpaired) electrons. The number of carbonyl (C=O) groups excluding carboxylic acids is 1.